The van der Waals surface area contributed by atoms with Crippen LogP contribution in [0.5, 0.6) is 0 Å². The standard InChI is InChI=1S/C11H19N5O/c1-9-2-6-16(7-3-9)11(13)15-8-10(17)14-5-4-12/h9H,2-3,5-8H2,1H3,(H2,13,15)(H,14,17). The van der Waals surface area contributed by atoms with Crippen molar-refractivity contribution in [1.82, 2.24) is 10.2 Å². The first-order chi connectivity index (χ1) is 8.13. The third kappa shape index (κ3) is 4.72. The summed E-state index contributed by atoms with van der Waals surface area (Å²) in [4.78, 5) is 17.2. The Bertz CT molecular complexity index is 325. The van der Waals surface area contributed by atoms with Crippen LogP contribution in [-0.2, 0) is 4.79 Å². The highest BCUT2D eigenvalue weighted by Crippen LogP contribution is 2.15. The largest absolute Gasteiger partial charge is 0.370 e. The van der Waals surface area contributed by atoms with E-state index < -0.39 is 0 Å². The molecule has 1 aliphatic heterocycles. The average molecular weight is 237 g/mol. The third-order valence-electron chi connectivity index (χ3n) is 2.86. The predicted octanol–water partition coefficient (Wildman–Crippen LogP) is -0.327. The summed E-state index contributed by atoms with van der Waals surface area (Å²) in [7, 11) is 0. The Balaban J connectivity index is 2.34. The highest BCUT2D eigenvalue weighted by Gasteiger charge is 2.16. The molecule has 0 spiro atoms. The normalized spacial score (nSPS) is 17.6. The van der Waals surface area contributed by atoms with Gasteiger partial charge in [0.15, 0.2) is 5.96 Å². The van der Waals surface area contributed by atoms with E-state index in [4.69, 9.17) is 11.0 Å². The van der Waals surface area contributed by atoms with Gasteiger partial charge in [0.2, 0.25) is 5.91 Å². The van der Waals surface area contributed by atoms with Crippen LogP contribution in [0, 0.1) is 17.2 Å². The molecule has 0 aromatic rings. The molecule has 1 aliphatic rings. The number of hydrogen-bond acceptors (Lipinski definition) is 3. The van der Waals surface area contributed by atoms with E-state index in [2.05, 4.69) is 17.2 Å². The molecule has 6 nitrogen and oxygen atoms in total. The van der Waals surface area contributed by atoms with Gasteiger partial charge in [-0.1, -0.05) is 6.92 Å². The number of nitrogens with zero attached hydrogens (tertiary/aromatic N) is 3. The molecule has 1 saturated heterocycles. The van der Waals surface area contributed by atoms with Gasteiger partial charge in [0.05, 0.1) is 6.07 Å². The van der Waals surface area contributed by atoms with Gasteiger partial charge >= 0.3 is 0 Å². The fourth-order valence-electron chi connectivity index (χ4n) is 1.68. The van der Waals surface area contributed by atoms with Crippen LogP contribution in [0.2, 0.25) is 0 Å². The molecule has 3 N–H and O–H groups in total. The van der Waals surface area contributed by atoms with Gasteiger partial charge in [0.1, 0.15) is 13.1 Å². The number of rotatable bonds is 3. The molecule has 1 amide bonds. The first-order valence-corrected chi connectivity index (χ1v) is 5.82. The minimum absolute atomic E-state index is 0.00941. The summed E-state index contributed by atoms with van der Waals surface area (Å²) in [5, 5.41) is 10.7. The second-order valence-corrected chi connectivity index (χ2v) is 4.28. The average Bonchev–Trinajstić information content (AvgIpc) is 2.34. The zero-order valence-electron chi connectivity index (χ0n) is 10.1. The summed E-state index contributed by atoms with van der Waals surface area (Å²) in [6.07, 6.45) is 2.22. The van der Waals surface area contributed by atoms with Crippen molar-refractivity contribution >= 4 is 11.9 Å². The first kappa shape index (κ1) is 13.3. The number of nitrogens with one attached hydrogen (secondary N) is 1. The second-order valence-electron chi connectivity index (χ2n) is 4.28. The molecule has 0 aliphatic carbocycles. The lowest BCUT2D eigenvalue weighted by atomic mass is 10.00. The number of amides is 1. The maximum atomic E-state index is 11.2. The van der Waals surface area contributed by atoms with Crippen molar-refractivity contribution in [3.05, 3.63) is 0 Å². The molecule has 17 heavy (non-hydrogen) atoms. The van der Waals surface area contributed by atoms with Crippen LogP contribution in [-0.4, -0.2) is 42.9 Å². The fraction of sp³-hybridized carbons (Fsp3) is 0.727. The van der Waals surface area contributed by atoms with Crippen LogP contribution in [0.3, 0.4) is 0 Å². The minimum atomic E-state index is -0.278. The van der Waals surface area contributed by atoms with E-state index in [-0.39, 0.29) is 19.0 Å². The van der Waals surface area contributed by atoms with Crippen molar-refractivity contribution in [2.45, 2.75) is 19.8 Å². The molecule has 1 rings (SSSR count). The minimum Gasteiger partial charge on any atom is -0.370 e. The molecule has 1 fully saturated rings. The van der Waals surface area contributed by atoms with Crippen LogP contribution in [0.15, 0.2) is 4.99 Å². The van der Waals surface area contributed by atoms with Crippen molar-refractivity contribution in [3.8, 4) is 6.07 Å². The zero-order chi connectivity index (χ0) is 12.7. The number of hydrogen-bond donors (Lipinski definition) is 2. The Kier molecular flexibility index (Phi) is 5.27. The molecule has 0 saturated carbocycles. The van der Waals surface area contributed by atoms with Crippen LogP contribution < -0.4 is 11.1 Å². The predicted molar refractivity (Wildman–Crippen MR) is 65.1 cm³/mol. The van der Waals surface area contributed by atoms with Crippen LogP contribution in [0.25, 0.3) is 0 Å². The summed E-state index contributed by atoms with van der Waals surface area (Å²) in [6, 6.07) is 1.83. The van der Waals surface area contributed by atoms with Gasteiger partial charge in [-0.05, 0) is 18.8 Å². The SMILES string of the molecule is CC1CCN(C(N)=NCC(=O)NCC#N)CC1. The fourth-order valence-corrected chi connectivity index (χ4v) is 1.68. The molecule has 0 radical (unpaired) electrons. The van der Waals surface area contributed by atoms with Crippen molar-refractivity contribution in [2.24, 2.45) is 16.6 Å². The van der Waals surface area contributed by atoms with Crippen LogP contribution in [0.4, 0.5) is 0 Å². The van der Waals surface area contributed by atoms with E-state index in [1.807, 2.05) is 11.0 Å². The Morgan fingerprint density at radius 2 is 2.24 bits per heavy atom. The molecule has 0 aromatic heterocycles. The van der Waals surface area contributed by atoms with E-state index in [1.54, 1.807) is 0 Å². The first-order valence-electron chi connectivity index (χ1n) is 5.82. The summed E-state index contributed by atoms with van der Waals surface area (Å²) in [5.41, 5.74) is 5.80. The number of aliphatic imine (C=N–C) groups is 1. The molecule has 6 heteroatoms. The molecular formula is C11H19N5O. The van der Waals surface area contributed by atoms with E-state index in [0.717, 1.165) is 31.8 Å². The number of guanidine groups is 1. The Hall–Kier alpha value is -1.77. The van der Waals surface area contributed by atoms with Gasteiger partial charge in [-0.25, -0.2) is 4.99 Å². The number of likely N-dealkylation sites (tertiary alicyclic amines) is 1. The van der Waals surface area contributed by atoms with Crippen molar-refractivity contribution < 1.29 is 4.79 Å². The summed E-state index contributed by atoms with van der Waals surface area (Å²) >= 11 is 0. The van der Waals surface area contributed by atoms with E-state index in [0.29, 0.717) is 5.96 Å². The zero-order valence-corrected chi connectivity index (χ0v) is 10.1. The maximum Gasteiger partial charge on any atom is 0.242 e. The number of nitriles is 1. The number of piperidine rings is 1. The molecule has 0 atom stereocenters. The van der Waals surface area contributed by atoms with Gasteiger partial charge in [0.25, 0.3) is 0 Å². The molecule has 94 valence electrons. The number of carbonyl (C=O) groups is 1. The summed E-state index contributed by atoms with van der Waals surface area (Å²) in [6.45, 7) is 4.02. The van der Waals surface area contributed by atoms with E-state index in [1.165, 1.54) is 0 Å². The van der Waals surface area contributed by atoms with Gasteiger partial charge in [-0.3, -0.25) is 4.79 Å². The monoisotopic (exact) mass is 237 g/mol. The number of carbonyl (C=O) groups excluding carboxylic acids is 1. The van der Waals surface area contributed by atoms with E-state index in [9.17, 15) is 4.79 Å². The number of nitrogens with two attached hydrogens (primary N) is 1. The van der Waals surface area contributed by atoms with Gasteiger partial charge in [-0.2, -0.15) is 5.26 Å². The quantitative estimate of drug-likeness (QED) is 0.399. The third-order valence-corrected chi connectivity index (χ3v) is 2.86. The van der Waals surface area contributed by atoms with Gasteiger partial charge in [-0.15, -0.1) is 0 Å². The van der Waals surface area contributed by atoms with Crippen LogP contribution >= 0.6 is 0 Å². The highest BCUT2D eigenvalue weighted by atomic mass is 16.1. The lowest BCUT2D eigenvalue weighted by Crippen LogP contribution is -2.43. The van der Waals surface area contributed by atoms with Crippen molar-refractivity contribution in [1.29, 1.82) is 5.26 Å². The Morgan fingerprint density at radius 1 is 1.59 bits per heavy atom. The maximum absolute atomic E-state index is 11.2. The van der Waals surface area contributed by atoms with Gasteiger partial charge < -0.3 is 16.0 Å². The Labute approximate surface area is 101 Å². The van der Waals surface area contributed by atoms with Crippen LogP contribution in [0.1, 0.15) is 19.8 Å². The molecule has 0 bridgehead atoms. The highest BCUT2D eigenvalue weighted by molar-refractivity contribution is 5.84. The molecular weight excluding hydrogens is 218 g/mol. The van der Waals surface area contributed by atoms with E-state index >= 15 is 0 Å². The topological polar surface area (TPSA) is 94.5 Å². The lowest BCUT2D eigenvalue weighted by Gasteiger charge is -2.30. The Morgan fingerprint density at radius 3 is 2.82 bits per heavy atom. The summed E-state index contributed by atoms with van der Waals surface area (Å²) < 4.78 is 0. The summed E-state index contributed by atoms with van der Waals surface area (Å²) in [5.74, 6) is 0.877. The lowest BCUT2D eigenvalue weighted by molar-refractivity contribution is -0.119. The van der Waals surface area contributed by atoms with Crippen molar-refractivity contribution in [3.63, 3.8) is 0 Å². The van der Waals surface area contributed by atoms with Gasteiger partial charge in [0, 0.05) is 13.1 Å². The second kappa shape index (κ2) is 6.74. The molecule has 0 unspecified atom stereocenters. The smallest absolute Gasteiger partial charge is 0.242 e. The molecule has 0 aromatic carbocycles. The molecule has 1 heterocycles. The van der Waals surface area contributed by atoms with Crippen molar-refractivity contribution in [2.75, 3.05) is 26.2 Å².